The standard InChI is InChI=1S/C20H27FN4O3/c1-15(26)23-20(9-3-2-4-10-20)18(27)24-11-13-25(14-12-24)19(28)22-17-7-5-16(21)6-8-17/h5-8H,2-4,9-14H2,1H3,(H,22,28)(H,23,26). The van der Waals surface area contributed by atoms with E-state index in [0.717, 1.165) is 19.3 Å². The molecule has 0 aromatic heterocycles. The Balaban J connectivity index is 1.57. The third kappa shape index (κ3) is 4.61. The third-order valence-corrected chi connectivity index (χ3v) is 5.48. The number of hydrogen-bond acceptors (Lipinski definition) is 3. The van der Waals surface area contributed by atoms with E-state index in [2.05, 4.69) is 10.6 Å². The molecule has 1 saturated carbocycles. The second-order valence-electron chi connectivity index (χ2n) is 7.54. The molecule has 4 amide bonds. The van der Waals surface area contributed by atoms with Crippen LogP contribution in [0.4, 0.5) is 14.9 Å². The molecule has 0 bridgehead atoms. The van der Waals surface area contributed by atoms with Crippen LogP contribution < -0.4 is 10.6 Å². The summed E-state index contributed by atoms with van der Waals surface area (Å²) in [5.74, 6) is -0.588. The number of halogens is 1. The summed E-state index contributed by atoms with van der Waals surface area (Å²) in [6.07, 6.45) is 4.25. The maximum atomic E-state index is 13.2. The molecule has 3 rings (SSSR count). The third-order valence-electron chi connectivity index (χ3n) is 5.48. The van der Waals surface area contributed by atoms with Crippen LogP contribution in [0.25, 0.3) is 0 Å². The molecule has 2 aliphatic rings. The molecule has 152 valence electrons. The normalized spacial score (nSPS) is 19.1. The highest BCUT2D eigenvalue weighted by Gasteiger charge is 2.43. The molecule has 1 aliphatic heterocycles. The van der Waals surface area contributed by atoms with E-state index in [-0.39, 0.29) is 23.7 Å². The van der Waals surface area contributed by atoms with Gasteiger partial charge in [0.25, 0.3) is 0 Å². The molecule has 1 heterocycles. The molecule has 2 N–H and O–H groups in total. The zero-order valence-corrected chi connectivity index (χ0v) is 16.2. The molecule has 1 aromatic rings. The van der Waals surface area contributed by atoms with Gasteiger partial charge in [-0.3, -0.25) is 9.59 Å². The van der Waals surface area contributed by atoms with Crippen molar-refractivity contribution in [2.24, 2.45) is 0 Å². The summed E-state index contributed by atoms with van der Waals surface area (Å²) in [5.41, 5.74) is -0.278. The zero-order valence-electron chi connectivity index (χ0n) is 16.2. The topological polar surface area (TPSA) is 81.8 Å². The number of amides is 4. The van der Waals surface area contributed by atoms with Crippen molar-refractivity contribution in [2.75, 3.05) is 31.5 Å². The average molecular weight is 390 g/mol. The summed E-state index contributed by atoms with van der Waals surface area (Å²) in [6, 6.07) is 5.32. The summed E-state index contributed by atoms with van der Waals surface area (Å²) in [5, 5.41) is 5.65. The molecule has 8 heteroatoms. The fourth-order valence-corrected chi connectivity index (χ4v) is 4.04. The Hall–Kier alpha value is -2.64. The Morgan fingerprint density at radius 2 is 1.50 bits per heavy atom. The minimum Gasteiger partial charge on any atom is -0.342 e. The molecule has 1 saturated heterocycles. The molecule has 2 fully saturated rings. The van der Waals surface area contributed by atoms with Gasteiger partial charge in [-0.25, -0.2) is 9.18 Å². The molecule has 7 nitrogen and oxygen atoms in total. The van der Waals surface area contributed by atoms with Crippen LogP contribution >= 0.6 is 0 Å². The average Bonchev–Trinajstić information content (AvgIpc) is 2.69. The van der Waals surface area contributed by atoms with Crippen molar-refractivity contribution >= 4 is 23.5 Å². The lowest BCUT2D eigenvalue weighted by molar-refractivity contribution is -0.144. The Bertz CT molecular complexity index is 723. The van der Waals surface area contributed by atoms with Crippen LogP contribution in [0.3, 0.4) is 0 Å². The number of nitrogens with one attached hydrogen (secondary N) is 2. The van der Waals surface area contributed by atoms with E-state index in [0.29, 0.717) is 44.7 Å². The van der Waals surface area contributed by atoms with Gasteiger partial charge in [0, 0.05) is 38.8 Å². The van der Waals surface area contributed by atoms with Crippen molar-refractivity contribution in [2.45, 2.75) is 44.6 Å². The van der Waals surface area contributed by atoms with Gasteiger partial charge in [0.05, 0.1) is 0 Å². The number of hydrogen-bond donors (Lipinski definition) is 2. The minimum absolute atomic E-state index is 0.0407. The Morgan fingerprint density at radius 3 is 2.07 bits per heavy atom. The van der Waals surface area contributed by atoms with Crippen molar-refractivity contribution < 1.29 is 18.8 Å². The molecular weight excluding hydrogens is 363 g/mol. The van der Waals surface area contributed by atoms with Crippen molar-refractivity contribution in [1.29, 1.82) is 0 Å². The number of nitrogens with zero attached hydrogens (tertiary/aromatic N) is 2. The highest BCUT2D eigenvalue weighted by Crippen LogP contribution is 2.30. The lowest BCUT2D eigenvalue weighted by atomic mass is 9.80. The molecule has 1 aliphatic carbocycles. The van der Waals surface area contributed by atoms with Crippen molar-refractivity contribution in [1.82, 2.24) is 15.1 Å². The largest absolute Gasteiger partial charge is 0.342 e. The maximum absolute atomic E-state index is 13.2. The molecule has 0 unspecified atom stereocenters. The fraction of sp³-hybridized carbons (Fsp3) is 0.550. The SMILES string of the molecule is CC(=O)NC1(C(=O)N2CCN(C(=O)Nc3ccc(F)cc3)CC2)CCCCC1. The van der Waals surface area contributed by atoms with E-state index in [1.54, 1.807) is 9.80 Å². The molecule has 1 aromatic carbocycles. The van der Waals surface area contributed by atoms with Gasteiger partial charge >= 0.3 is 6.03 Å². The van der Waals surface area contributed by atoms with Crippen LogP contribution in [0, 0.1) is 5.82 Å². The van der Waals surface area contributed by atoms with Crippen molar-refractivity contribution in [3.05, 3.63) is 30.1 Å². The first kappa shape index (κ1) is 20.1. The van der Waals surface area contributed by atoms with Crippen LogP contribution in [0.5, 0.6) is 0 Å². The molecule has 0 radical (unpaired) electrons. The summed E-state index contributed by atoms with van der Waals surface area (Å²) < 4.78 is 13.0. The monoisotopic (exact) mass is 390 g/mol. The van der Waals surface area contributed by atoms with E-state index in [1.807, 2.05) is 0 Å². The van der Waals surface area contributed by atoms with Crippen LogP contribution in [0.2, 0.25) is 0 Å². The predicted octanol–water partition coefficient (Wildman–Crippen LogP) is 2.34. The van der Waals surface area contributed by atoms with Gasteiger partial charge in [-0.05, 0) is 37.1 Å². The van der Waals surface area contributed by atoms with Gasteiger partial charge in [0.15, 0.2) is 0 Å². The second-order valence-corrected chi connectivity index (χ2v) is 7.54. The van der Waals surface area contributed by atoms with E-state index in [1.165, 1.54) is 31.2 Å². The summed E-state index contributed by atoms with van der Waals surface area (Å²) in [4.78, 5) is 40.6. The molecular formula is C20H27FN4O3. The Kier molecular flexibility index (Phi) is 6.16. The summed E-state index contributed by atoms with van der Waals surface area (Å²) >= 11 is 0. The quantitative estimate of drug-likeness (QED) is 0.831. The first-order valence-corrected chi connectivity index (χ1v) is 9.79. The lowest BCUT2D eigenvalue weighted by Gasteiger charge is -2.43. The smallest absolute Gasteiger partial charge is 0.321 e. The van der Waals surface area contributed by atoms with Crippen LogP contribution in [-0.4, -0.2) is 59.4 Å². The molecule has 28 heavy (non-hydrogen) atoms. The van der Waals surface area contributed by atoms with E-state index in [4.69, 9.17) is 0 Å². The minimum atomic E-state index is -0.803. The van der Waals surface area contributed by atoms with Crippen LogP contribution in [-0.2, 0) is 9.59 Å². The number of urea groups is 1. The summed E-state index contributed by atoms with van der Waals surface area (Å²) in [6.45, 7) is 3.12. The molecule has 0 atom stereocenters. The second kappa shape index (κ2) is 8.58. The maximum Gasteiger partial charge on any atom is 0.321 e. The number of rotatable bonds is 3. The van der Waals surface area contributed by atoms with Gasteiger partial charge in [-0.1, -0.05) is 19.3 Å². The van der Waals surface area contributed by atoms with Crippen molar-refractivity contribution in [3.8, 4) is 0 Å². The highest BCUT2D eigenvalue weighted by molar-refractivity contribution is 5.92. The van der Waals surface area contributed by atoms with Gasteiger partial charge in [0.2, 0.25) is 11.8 Å². The van der Waals surface area contributed by atoms with Crippen LogP contribution in [0.1, 0.15) is 39.0 Å². The number of carbonyl (C=O) groups excluding carboxylic acids is 3. The number of anilines is 1. The first-order chi connectivity index (χ1) is 13.4. The van der Waals surface area contributed by atoms with Crippen molar-refractivity contribution in [3.63, 3.8) is 0 Å². The highest BCUT2D eigenvalue weighted by atomic mass is 19.1. The van der Waals surface area contributed by atoms with Gasteiger partial charge in [-0.15, -0.1) is 0 Å². The first-order valence-electron chi connectivity index (χ1n) is 9.79. The zero-order chi connectivity index (χ0) is 20.1. The molecule has 0 spiro atoms. The fourth-order valence-electron chi connectivity index (χ4n) is 4.04. The van der Waals surface area contributed by atoms with E-state index < -0.39 is 5.54 Å². The predicted molar refractivity (Wildman–Crippen MR) is 103 cm³/mol. The van der Waals surface area contributed by atoms with Gasteiger partial charge in [-0.2, -0.15) is 0 Å². The van der Waals surface area contributed by atoms with E-state index in [9.17, 15) is 18.8 Å². The lowest BCUT2D eigenvalue weighted by Crippen LogP contribution is -2.63. The summed E-state index contributed by atoms with van der Waals surface area (Å²) in [7, 11) is 0. The number of piperazine rings is 1. The number of benzene rings is 1. The Morgan fingerprint density at radius 1 is 0.929 bits per heavy atom. The number of carbonyl (C=O) groups is 3. The van der Waals surface area contributed by atoms with Gasteiger partial charge < -0.3 is 20.4 Å². The van der Waals surface area contributed by atoms with Gasteiger partial charge in [0.1, 0.15) is 11.4 Å². The Labute approximate surface area is 164 Å². The van der Waals surface area contributed by atoms with Crippen LogP contribution in [0.15, 0.2) is 24.3 Å². The van der Waals surface area contributed by atoms with E-state index >= 15 is 0 Å².